The highest BCUT2D eigenvalue weighted by Gasteiger charge is 2.03. The Morgan fingerprint density at radius 2 is 2.21 bits per heavy atom. The Kier molecular flexibility index (Phi) is 4.22. The molecule has 1 aromatic carbocycles. The summed E-state index contributed by atoms with van der Waals surface area (Å²) >= 11 is 0. The third-order valence-electron chi connectivity index (χ3n) is 1.85. The molecule has 4 N–H and O–H groups in total. The molecular weight excluding hydrogens is 180 g/mol. The van der Waals surface area contributed by atoms with Crippen molar-refractivity contribution in [3.63, 3.8) is 0 Å². The number of rotatable bonds is 5. The van der Waals surface area contributed by atoms with Crippen molar-refractivity contribution in [1.29, 1.82) is 0 Å². The summed E-state index contributed by atoms with van der Waals surface area (Å²) in [6.45, 7) is 0.752. The molecule has 0 bridgehead atoms. The van der Waals surface area contributed by atoms with E-state index >= 15 is 0 Å². The van der Waals surface area contributed by atoms with Crippen LogP contribution in [0.2, 0.25) is 0 Å². The van der Waals surface area contributed by atoms with Crippen LogP contribution in [0.15, 0.2) is 24.3 Å². The zero-order valence-corrected chi connectivity index (χ0v) is 8.23. The maximum atomic E-state index is 9.37. The van der Waals surface area contributed by atoms with Gasteiger partial charge in [-0.1, -0.05) is 12.1 Å². The monoisotopic (exact) mass is 196 g/mol. The molecule has 0 heterocycles. The molecular formula is C10H16N2O2. The highest BCUT2D eigenvalue weighted by molar-refractivity contribution is 5.65. The fourth-order valence-corrected chi connectivity index (χ4v) is 1.14. The lowest BCUT2D eigenvalue weighted by molar-refractivity contribution is 0.0728. The fraction of sp³-hybridized carbons (Fsp3) is 0.400. The molecule has 0 radical (unpaired) electrons. The van der Waals surface area contributed by atoms with Crippen molar-refractivity contribution in [3.05, 3.63) is 24.3 Å². The largest absolute Gasteiger partial charge is 0.397 e. The first-order chi connectivity index (χ1) is 6.74. The quantitative estimate of drug-likeness (QED) is 0.606. The number of aliphatic hydroxyl groups excluding tert-OH is 1. The predicted molar refractivity (Wildman–Crippen MR) is 57.2 cm³/mol. The number of ether oxygens (including phenoxy) is 1. The Morgan fingerprint density at radius 3 is 2.86 bits per heavy atom. The van der Waals surface area contributed by atoms with Crippen molar-refractivity contribution < 1.29 is 9.84 Å². The van der Waals surface area contributed by atoms with Crippen LogP contribution < -0.4 is 11.1 Å². The minimum absolute atomic E-state index is 0.319. The molecule has 1 aromatic rings. The number of aliphatic hydroxyl groups is 1. The number of nitrogen functional groups attached to an aromatic ring is 1. The van der Waals surface area contributed by atoms with Crippen LogP contribution in [0.3, 0.4) is 0 Å². The SMILES string of the molecule is COCC(O)CNc1ccccc1N. The van der Waals surface area contributed by atoms with Gasteiger partial charge in [0, 0.05) is 13.7 Å². The van der Waals surface area contributed by atoms with E-state index < -0.39 is 6.10 Å². The average Bonchev–Trinajstić information content (AvgIpc) is 2.17. The van der Waals surface area contributed by atoms with Crippen molar-refractivity contribution in [2.24, 2.45) is 0 Å². The number of hydrogen-bond acceptors (Lipinski definition) is 4. The van der Waals surface area contributed by atoms with Crippen molar-refractivity contribution in [1.82, 2.24) is 0 Å². The van der Waals surface area contributed by atoms with Gasteiger partial charge in [-0.15, -0.1) is 0 Å². The first-order valence-electron chi connectivity index (χ1n) is 4.49. The summed E-state index contributed by atoms with van der Waals surface area (Å²) in [6.07, 6.45) is -0.514. The lowest BCUT2D eigenvalue weighted by Gasteiger charge is -2.12. The van der Waals surface area contributed by atoms with Crippen molar-refractivity contribution in [2.45, 2.75) is 6.10 Å². The van der Waals surface area contributed by atoms with E-state index in [0.29, 0.717) is 18.8 Å². The minimum Gasteiger partial charge on any atom is -0.397 e. The van der Waals surface area contributed by atoms with Crippen LogP contribution in [-0.2, 0) is 4.74 Å². The van der Waals surface area contributed by atoms with Crippen LogP contribution in [0, 0.1) is 0 Å². The summed E-state index contributed by atoms with van der Waals surface area (Å²) in [7, 11) is 1.56. The number of para-hydroxylation sites is 2. The number of hydrogen-bond donors (Lipinski definition) is 3. The number of methoxy groups -OCH3 is 1. The molecule has 14 heavy (non-hydrogen) atoms. The maximum absolute atomic E-state index is 9.37. The minimum atomic E-state index is -0.514. The average molecular weight is 196 g/mol. The number of anilines is 2. The molecule has 4 nitrogen and oxygen atoms in total. The van der Waals surface area contributed by atoms with E-state index in [1.807, 2.05) is 24.3 Å². The van der Waals surface area contributed by atoms with E-state index in [0.717, 1.165) is 5.69 Å². The van der Waals surface area contributed by atoms with Gasteiger partial charge < -0.3 is 20.9 Å². The molecule has 1 unspecified atom stereocenters. The third-order valence-corrected chi connectivity index (χ3v) is 1.85. The van der Waals surface area contributed by atoms with Crippen LogP contribution in [0.25, 0.3) is 0 Å². The van der Waals surface area contributed by atoms with Gasteiger partial charge in [-0.2, -0.15) is 0 Å². The highest BCUT2D eigenvalue weighted by atomic mass is 16.5. The molecule has 4 heteroatoms. The molecule has 0 aromatic heterocycles. The van der Waals surface area contributed by atoms with Crippen LogP contribution in [0.5, 0.6) is 0 Å². The molecule has 0 aliphatic rings. The van der Waals surface area contributed by atoms with Gasteiger partial charge in [-0.3, -0.25) is 0 Å². The Labute approximate surface area is 83.7 Å². The lowest BCUT2D eigenvalue weighted by atomic mass is 10.2. The number of nitrogens with two attached hydrogens (primary N) is 1. The lowest BCUT2D eigenvalue weighted by Crippen LogP contribution is -2.24. The van der Waals surface area contributed by atoms with E-state index in [9.17, 15) is 5.11 Å². The van der Waals surface area contributed by atoms with Gasteiger partial charge in [-0.25, -0.2) is 0 Å². The van der Waals surface area contributed by atoms with Gasteiger partial charge in [0.1, 0.15) is 0 Å². The van der Waals surface area contributed by atoms with Crippen molar-refractivity contribution in [3.8, 4) is 0 Å². The first-order valence-corrected chi connectivity index (χ1v) is 4.49. The molecule has 0 fully saturated rings. The second kappa shape index (κ2) is 5.47. The molecule has 0 spiro atoms. The Hall–Kier alpha value is -1.26. The Bertz CT molecular complexity index is 279. The summed E-state index contributed by atoms with van der Waals surface area (Å²) in [4.78, 5) is 0. The molecule has 0 aliphatic heterocycles. The van der Waals surface area contributed by atoms with E-state index in [2.05, 4.69) is 5.32 Å². The molecule has 1 rings (SSSR count). The van der Waals surface area contributed by atoms with E-state index in [1.54, 1.807) is 7.11 Å². The van der Waals surface area contributed by atoms with E-state index in [1.165, 1.54) is 0 Å². The third kappa shape index (κ3) is 3.24. The van der Waals surface area contributed by atoms with Crippen LogP contribution in [0.4, 0.5) is 11.4 Å². The van der Waals surface area contributed by atoms with E-state index in [4.69, 9.17) is 10.5 Å². The summed E-state index contributed by atoms with van der Waals surface area (Å²) in [6, 6.07) is 7.44. The highest BCUT2D eigenvalue weighted by Crippen LogP contribution is 2.16. The van der Waals surface area contributed by atoms with Gasteiger partial charge >= 0.3 is 0 Å². The second-order valence-electron chi connectivity index (χ2n) is 3.08. The van der Waals surface area contributed by atoms with E-state index in [-0.39, 0.29) is 0 Å². The summed E-state index contributed by atoms with van der Waals surface area (Å²) in [5, 5.41) is 12.4. The molecule has 0 aliphatic carbocycles. The maximum Gasteiger partial charge on any atom is 0.0945 e. The number of benzene rings is 1. The normalized spacial score (nSPS) is 12.4. The van der Waals surface area contributed by atoms with Crippen LogP contribution >= 0.6 is 0 Å². The van der Waals surface area contributed by atoms with Crippen molar-refractivity contribution in [2.75, 3.05) is 31.3 Å². The fourth-order valence-electron chi connectivity index (χ4n) is 1.14. The molecule has 0 saturated carbocycles. The van der Waals surface area contributed by atoms with Gasteiger partial charge in [0.15, 0.2) is 0 Å². The predicted octanol–water partition coefficient (Wildman–Crippen LogP) is 0.688. The number of nitrogens with one attached hydrogen (secondary N) is 1. The van der Waals surface area contributed by atoms with Gasteiger partial charge in [0.2, 0.25) is 0 Å². The molecule has 0 saturated heterocycles. The Balaban J connectivity index is 2.41. The zero-order valence-electron chi connectivity index (χ0n) is 8.23. The van der Waals surface area contributed by atoms with Gasteiger partial charge in [0.05, 0.1) is 24.1 Å². The van der Waals surface area contributed by atoms with Gasteiger partial charge in [-0.05, 0) is 12.1 Å². The second-order valence-corrected chi connectivity index (χ2v) is 3.08. The topological polar surface area (TPSA) is 67.5 Å². The standard InChI is InChI=1S/C10H16N2O2/c1-14-7-8(13)6-12-10-5-3-2-4-9(10)11/h2-5,8,12-13H,6-7,11H2,1H3. The van der Waals surface area contributed by atoms with Crippen LogP contribution in [-0.4, -0.2) is 31.5 Å². The molecule has 78 valence electrons. The first kappa shape index (κ1) is 10.8. The molecule has 0 amide bonds. The van der Waals surface area contributed by atoms with Crippen molar-refractivity contribution >= 4 is 11.4 Å². The Morgan fingerprint density at radius 1 is 1.50 bits per heavy atom. The van der Waals surface area contributed by atoms with Crippen LogP contribution in [0.1, 0.15) is 0 Å². The summed E-state index contributed by atoms with van der Waals surface area (Å²) in [5.41, 5.74) is 7.22. The summed E-state index contributed by atoms with van der Waals surface area (Å²) in [5.74, 6) is 0. The molecule has 1 atom stereocenters. The summed E-state index contributed by atoms with van der Waals surface area (Å²) < 4.78 is 4.80. The smallest absolute Gasteiger partial charge is 0.0945 e. The van der Waals surface area contributed by atoms with Gasteiger partial charge in [0.25, 0.3) is 0 Å². The zero-order chi connectivity index (χ0) is 10.4.